The van der Waals surface area contributed by atoms with Crippen LogP contribution in [-0.2, 0) is 0 Å². The third-order valence-electron chi connectivity index (χ3n) is 2.74. The van der Waals surface area contributed by atoms with Gasteiger partial charge in [0.2, 0.25) is 0 Å². The molecule has 66 valence electrons. The smallest absolute Gasteiger partial charge is 0.0107 e. The van der Waals surface area contributed by atoms with Gasteiger partial charge in [0.1, 0.15) is 0 Å². The van der Waals surface area contributed by atoms with Gasteiger partial charge in [-0.3, -0.25) is 0 Å². The van der Waals surface area contributed by atoms with Crippen molar-refractivity contribution in [3.63, 3.8) is 0 Å². The molecule has 0 amide bonds. The van der Waals surface area contributed by atoms with Crippen LogP contribution < -0.4 is 11.1 Å². The summed E-state index contributed by atoms with van der Waals surface area (Å²) in [6.07, 6.45) is 5.27. The number of hydrogen-bond acceptors (Lipinski definition) is 2. The fourth-order valence-corrected chi connectivity index (χ4v) is 1.90. The van der Waals surface area contributed by atoms with E-state index >= 15 is 0 Å². The van der Waals surface area contributed by atoms with Gasteiger partial charge < -0.3 is 11.1 Å². The fourth-order valence-electron chi connectivity index (χ4n) is 1.90. The molecule has 1 rings (SSSR count). The summed E-state index contributed by atoms with van der Waals surface area (Å²) in [5.74, 6) is 0.704. The van der Waals surface area contributed by atoms with Crippen molar-refractivity contribution in [2.75, 3.05) is 13.1 Å². The van der Waals surface area contributed by atoms with Crippen molar-refractivity contribution in [2.24, 2.45) is 11.7 Å². The highest BCUT2D eigenvalue weighted by atomic mass is 14.9. The average Bonchev–Trinajstić information content (AvgIpc) is 2.09. The van der Waals surface area contributed by atoms with Gasteiger partial charge >= 0.3 is 0 Å². The monoisotopic (exact) mass is 156 g/mol. The Kier molecular flexibility index (Phi) is 3.87. The summed E-state index contributed by atoms with van der Waals surface area (Å²) >= 11 is 0. The van der Waals surface area contributed by atoms with Crippen molar-refractivity contribution in [2.45, 2.75) is 38.6 Å². The van der Waals surface area contributed by atoms with Crippen LogP contribution in [-0.4, -0.2) is 19.1 Å². The van der Waals surface area contributed by atoms with E-state index in [-0.39, 0.29) is 0 Å². The molecule has 0 aromatic carbocycles. The van der Waals surface area contributed by atoms with E-state index in [1.807, 2.05) is 0 Å². The van der Waals surface area contributed by atoms with Crippen LogP contribution in [0.25, 0.3) is 0 Å². The summed E-state index contributed by atoms with van der Waals surface area (Å²) in [5, 5.41) is 3.54. The molecule has 1 saturated heterocycles. The number of nitrogens with two attached hydrogens (primary N) is 1. The summed E-state index contributed by atoms with van der Waals surface area (Å²) in [4.78, 5) is 0. The minimum atomic E-state index is 0.704. The minimum absolute atomic E-state index is 0.704. The molecule has 0 spiro atoms. The van der Waals surface area contributed by atoms with Crippen LogP contribution >= 0.6 is 0 Å². The Balaban J connectivity index is 2.30. The maximum atomic E-state index is 5.67. The number of rotatable bonds is 3. The summed E-state index contributed by atoms with van der Waals surface area (Å²) < 4.78 is 0. The van der Waals surface area contributed by atoms with E-state index in [4.69, 9.17) is 5.73 Å². The molecule has 2 nitrogen and oxygen atoms in total. The zero-order chi connectivity index (χ0) is 8.10. The SMILES string of the molecule is CC[C@@H](CN)[C@H]1CCCCN1. The van der Waals surface area contributed by atoms with Gasteiger partial charge in [-0.2, -0.15) is 0 Å². The van der Waals surface area contributed by atoms with Crippen LogP contribution in [0.4, 0.5) is 0 Å². The fraction of sp³-hybridized carbons (Fsp3) is 1.00. The van der Waals surface area contributed by atoms with Gasteiger partial charge in [-0.25, -0.2) is 0 Å². The molecule has 0 radical (unpaired) electrons. The molecule has 0 unspecified atom stereocenters. The van der Waals surface area contributed by atoms with Crippen LogP contribution in [0.1, 0.15) is 32.6 Å². The second-order valence-electron chi connectivity index (χ2n) is 3.46. The van der Waals surface area contributed by atoms with Crippen LogP contribution in [0, 0.1) is 5.92 Å². The summed E-state index contributed by atoms with van der Waals surface area (Å²) in [6.45, 7) is 4.27. The Hall–Kier alpha value is -0.0800. The summed E-state index contributed by atoms with van der Waals surface area (Å²) in [6, 6.07) is 0.707. The van der Waals surface area contributed by atoms with E-state index in [0.717, 1.165) is 6.54 Å². The Labute approximate surface area is 69.5 Å². The molecule has 0 aromatic rings. The molecule has 2 heteroatoms. The lowest BCUT2D eigenvalue weighted by Crippen LogP contribution is -2.42. The Morgan fingerprint density at radius 1 is 1.55 bits per heavy atom. The standard InChI is InChI=1S/C9H20N2/c1-2-8(7-10)9-5-3-4-6-11-9/h8-9,11H,2-7,10H2,1H3/t8-,9+/m0/s1. The molecular formula is C9H20N2. The maximum Gasteiger partial charge on any atom is 0.0107 e. The number of nitrogens with one attached hydrogen (secondary N) is 1. The largest absolute Gasteiger partial charge is 0.330 e. The highest BCUT2D eigenvalue weighted by Gasteiger charge is 2.19. The lowest BCUT2D eigenvalue weighted by Gasteiger charge is -2.29. The van der Waals surface area contributed by atoms with Crippen molar-refractivity contribution in [3.8, 4) is 0 Å². The molecule has 1 aliphatic heterocycles. The molecule has 3 N–H and O–H groups in total. The summed E-state index contributed by atoms with van der Waals surface area (Å²) in [7, 11) is 0. The van der Waals surface area contributed by atoms with Crippen LogP contribution in [0.2, 0.25) is 0 Å². The van der Waals surface area contributed by atoms with E-state index in [9.17, 15) is 0 Å². The first-order valence-electron chi connectivity index (χ1n) is 4.82. The predicted molar refractivity (Wildman–Crippen MR) is 48.5 cm³/mol. The zero-order valence-corrected chi connectivity index (χ0v) is 7.47. The first-order valence-corrected chi connectivity index (χ1v) is 4.82. The molecular weight excluding hydrogens is 136 g/mol. The second-order valence-corrected chi connectivity index (χ2v) is 3.46. The van der Waals surface area contributed by atoms with Gasteiger partial charge in [0, 0.05) is 6.04 Å². The van der Waals surface area contributed by atoms with E-state index in [2.05, 4.69) is 12.2 Å². The third-order valence-corrected chi connectivity index (χ3v) is 2.74. The van der Waals surface area contributed by atoms with Gasteiger partial charge in [0.25, 0.3) is 0 Å². The predicted octanol–water partition coefficient (Wildman–Crippen LogP) is 1.11. The topological polar surface area (TPSA) is 38.0 Å². The Morgan fingerprint density at radius 2 is 2.36 bits per heavy atom. The zero-order valence-electron chi connectivity index (χ0n) is 7.47. The third kappa shape index (κ3) is 2.46. The van der Waals surface area contributed by atoms with Crippen molar-refractivity contribution in [3.05, 3.63) is 0 Å². The highest BCUT2D eigenvalue weighted by molar-refractivity contribution is 4.79. The molecule has 0 saturated carbocycles. The molecule has 0 aliphatic carbocycles. The van der Waals surface area contributed by atoms with E-state index in [0.29, 0.717) is 12.0 Å². The first kappa shape index (κ1) is 9.01. The van der Waals surface area contributed by atoms with Crippen LogP contribution in [0.3, 0.4) is 0 Å². The van der Waals surface area contributed by atoms with E-state index in [1.54, 1.807) is 0 Å². The lowest BCUT2D eigenvalue weighted by atomic mass is 9.90. The van der Waals surface area contributed by atoms with Gasteiger partial charge in [-0.05, 0) is 31.8 Å². The number of piperidine rings is 1. The maximum absolute atomic E-state index is 5.67. The Morgan fingerprint density at radius 3 is 2.82 bits per heavy atom. The normalized spacial score (nSPS) is 28.4. The molecule has 2 atom stereocenters. The first-order chi connectivity index (χ1) is 5.38. The van der Waals surface area contributed by atoms with Crippen LogP contribution in [0.15, 0.2) is 0 Å². The quantitative estimate of drug-likeness (QED) is 0.642. The molecule has 1 aliphatic rings. The van der Waals surface area contributed by atoms with E-state index < -0.39 is 0 Å². The van der Waals surface area contributed by atoms with Crippen molar-refractivity contribution < 1.29 is 0 Å². The molecule has 1 heterocycles. The van der Waals surface area contributed by atoms with Gasteiger partial charge in [0.15, 0.2) is 0 Å². The molecule has 0 bridgehead atoms. The van der Waals surface area contributed by atoms with Crippen LogP contribution in [0.5, 0.6) is 0 Å². The van der Waals surface area contributed by atoms with Gasteiger partial charge in [0.05, 0.1) is 0 Å². The molecule has 11 heavy (non-hydrogen) atoms. The van der Waals surface area contributed by atoms with Gasteiger partial charge in [-0.1, -0.05) is 19.8 Å². The van der Waals surface area contributed by atoms with Crippen molar-refractivity contribution in [1.29, 1.82) is 0 Å². The van der Waals surface area contributed by atoms with Crippen molar-refractivity contribution >= 4 is 0 Å². The summed E-state index contributed by atoms with van der Waals surface area (Å²) in [5.41, 5.74) is 5.67. The molecule has 1 fully saturated rings. The highest BCUT2D eigenvalue weighted by Crippen LogP contribution is 2.16. The second kappa shape index (κ2) is 4.73. The van der Waals surface area contributed by atoms with Gasteiger partial charge in [-0.15, -0.1) is 0 Å². The lowest BCUT2D eigenvalue weighted by molar-refractivity contribution is 0.293. The van der Waals surface area contributed by atoms with E-state index in [1.165, 1.54) is 32.2 Å². The molecule has 0 aromatic heterocycles. The minimum Gasteiger partial charge on any atom is -0.330 e. The number of hydrogen-bond donors (Lipinski definition) is 2. The van der Waals surface area contributed by atoms with Crippen molar-refractivity contribution in [1.82, 2.24) is 5.32 Å². The Bertz CT molecular complexity index is 93.7. The average molecular weight is 156 g/mol.